The van der Waals surface area contributed by atoms with Crippen molar-refractivity contribution >= 4 is 0 Å². The largest absolute Gasteiger partial charge is 0.322 e. The Kier molecular flexibility index (Phi) is 2.82. The fraction of sp³-hybridized carbons (Fsp3) is 0.400. The molecule has 0 aliphatic heterocycles. The maximum atomic E-state index is 12.2. The lowest BCUT2D eigenvalue weighted by atomic mass is 10.0. The second-order valence-corrected chi connectivity index (χ2v) is 3.10. The monoisotopic (exact) mass is 167 g/mol. The summed E-state index contributed by atoms with van der Waals surface area (Å²) in [6.07, 6.45) is 0. The molecule has 1 rings (SSSR count). The quantitative estimate of drug-likeness (QED) is 0.718. The Labute approximate surface area is 72.4 Å². The first kappa shape index (κ1) is 9.20. The van der Waals surface area contributed by atoms with Crippen molar-refractivity contribution in [2.75, 3.05) is 6.67 Å². The van der Waals surface area contributed by atoms with Crippen molar-refractivity contribution in [2.24, 2.45) is 5.73 Å². The third-order valence-electron chi connectivity index (χ3n) is 2.13. The van der Waals surface area contributed by atoms with Gasteiger partial charge in [-0.25, -0.2) is 4.39 Å². The second kappa shape index (κ2) is 3.68. The van der Waals surface area contributed by atoms with Crippen molar-refractivity contribution in [2.45, 2.75) is 19.9 Å². The van der Waals surface area contributed by atoms with E-state index in [1.807, 2.05) is 32.0 Å². The number of alkyl halides is 1. The van der Waals surface area contributed by atoms with Gasteiger partial charge in [0, 0.05) is 0 Å². The van der Waals surface area contributed by atoms with E-state index in [1.54, 1.807) is 0 Å². The zero-order chi connectivity index (χ0) is 9.14. The molecule has 0 radical (unpaired) electrons. The van der Waals surface area contributed by atoms with E-state index in [0.29, 0.717) is 0 Å². The maximum absolute atomic E-state index is 12.2. The van der Waals surface area contributed by atoms with Crippen LogP contribution >= 0.6 is 0 Å². The molecule has 66 valence electrons. The number of nitrogens with two attached hydrogens (primary N) is 1. The molecular formula is C10H14FN. The molecule has 0 saturated carbocycles. The van der Waals surface area contributed by atoms with Gasteiger partial charge in [-0.3, -0.25) is 0 Å². The summed E-state index contributed by atoms with van der Waals surface area (Å²) in [5, 5.41) is 0. The molecule has 0 fully saturated rings. The highest BCUT2D eigenvalue weighted by molar-refractivity contribution is 5.31. The first-order valence-corrected chi connectivity index (χ1v) is 4.04. The molecule has 0 amide bonds. The van der Waals surface area contributed by atoms with Gasteiger partial charge in [0.15, 0.2) is 0 Å². The van der Waals surface area contributed by atoms with Crippen LogP contribution in [0.25, 0.3) is 0 Å². The lowest BCUT2D eigenvalue weighted by molar-refractivity contribution is 0.437. The molecule has 0 saturated heterocycles. The van der Waals surface area contributed by atoms with Crippen molar-refractivity contribution in [3.63, 3.8) is 0 Å². The van der Waals surface area contributed by atoms with Crippen molar-refractivity contribution in [3.05, 3.63) is 34.9 Å². The van der Waals surface area contributed by atoms with E-state index in [-0.39, 0.29) is 0 Å². The first-order chi connectivity index (χ1) is 5.65. The number of halogens is 1. The third kappa shape index (κ3) is 1.83. The van der Waals surface area contributed by atoms with Gasteiger partial charge in [-0.05, 0) is 30.5 Å². The fourth-order valence-electron chi connectivity index (χ4n) is 1.08. The Morgan fingerprint density at radius 1 is 1.33 bits per heavy atom. The van der Waals surface area contributed by atoms with Crippen molar-refractivity contribution < 1.29 is 4.39 Å². The highest BCUT2D eigenvalue weighted by Gasteiger charge is 2.05. The van der Waals surface area contributed by atoms with E-state index in [4.69, 9.17) is 5.73 Å². The lowest BCUT2D eigenvalue weighted by Crippen LogP contribution is -2.12. The van der Waals surface area contributed by atoms with Gasteiger partial charge in [-0.15, -0.1) is 0 Å². The van der Waals surface area contributed by atoms with Crippen molar-refractivity contribution in [1.82, 2.24) is 0 Å². The molecule has 12 heavy (non-hydrogen) atoms. The Morgan fingerprint density at radius 3 is 2.50 bits per heavy atom. The summed E-state index contributed by atoms with van der Waals surface area (Å²) in [7, 11) is 0. The molecule has 2 heteroatoms. The molecule has 1 aromatic carbocycles. The molecular weight excluding hydrogens is 153 g/mol. The molecule has 0 aromatic heterocycles. The van der Waals surface area contributed by atoms with Crippen LogP contribution in [0.3, 0.4) is 0 Å². The topological polar surface area (TPSA) is 26.0 Å². The van der Waals surface area contributed by atoms with Crippen LogP contribution in [0, 0.1) is 13.8 Å². The zero-order valence-electron chi connectivity index (χ0n) is 7.47. The van der Waals surface area contributed by atoms with Gasteiger partial charge in [-0.1, -0.05) is 18.2 Å². The highest BCUT2D eigenvalue weighted by Crippen LogP contribution is 2.15. The zero-order valence-corrected chi connectivity index (χ0v) is 7.47. The second-order valence-electron chi connectivity index (χ2n) is 3.10. The summed E-state index contributed by atoms with van der Waals surface area (Å²) >= 11 is 0. The first-order valence-electron chi connectivity index (χ1n) is 4.04. The number of aryl methyl sites for hydroxylation is 2. The molecule has 0 heterocycles. The van der Waals surface area contributed by atoms with Crippen molar-refractivity contribution in [3.8, 4) is 0 Å². The van der Waals surface area contributed by atoms with E-state index < -0.39 is 12.7 Å². The van der Waals surface area contributed by atoms with E-state index >= 15 is 0 Å². The summed E-state index contributed by atoms with van der Waals surface area (Å²) in [4.78, 5) is 0. The van der Waals surface area contributed by atoms with Crippen LogP contribution in [0.4, 0.5) is 4.39 Å². The van der Waals surface area contributed by atoms with Crippen LogP contribution in [0.1, 0.15) is 22.7 Å². The lowest BCUT2D eigenvalue weighted by Gasteiger charge is -2.09. The smallest absolute Gasteiger partial charge is 0.109 e. The van der Waals surface area contributed by atoms with Gasteiger partial charge in [0.1, 0.15) is 6.67 Å². The predicted molar refractivity (Wildman–Crippen MR) is 48.8 cm³/mol. The molecule has 1 unspecified atom stereocenters. The van der Waals surface area contributed by atoms with Crippen LogP contribution in [-0.2, 0) is 0 Å². The summed E-state index contributed by atoms with van der Waals surface area (Å²) in [5.74, 6) is 0. The summed E-state index contributed by atoms with van der Waals surface area (Å²) in [6.45, 7) is 3.53. The van der Waals surface area contributed by atoms with Gasteiger partial charge in [0.25, 0.3) is 0 Å². The average Bonchev–Trinajstić information content (AvgIpc) is 2.08. The van der Waals surface area contributed by atoms with Crippen LogP contribution in [0.2, 0.25) is 0 Å². The molecule has 1 aromatic rings. The Bertz CT molecular complexity index is 271. The average molecular weight is 167 g/mol. The Morgan fingerprint density at radius 2 is 2.00 bits per heavy atom. The Balaban J connectivity index is 2.96. The molecule has 0 spiro atoms. The van der Waals surface area contributed by atoms with Gasteiger partial charge in [-0.2, -0.15) is 0 Å². The van der Waals surface area contributed by atoms with Gasteiger partial charge >= 0.3 is 0 Å². The standard InChI is InChI=1S/C10H14FN/c1-7-3-4-9(5-8(7)2)10(12)6-11/h3-5,10H,6,12H2,1-2H3. The number of rotatable bonds is 2. The third-order valence-corrected chi connectivity index (χ3v) is 2.13. The molecule has 0 aliphatic rings. The fourth-order valence-corrected chi connectivity index (χ4v) is 1.08. The normalized spacial score (nSPS) is 13.0. The van der Waals surface area contributed by atoms with E-state index in [2.05, 4.69) is 0 Å². The predicted octanol–water partition coefficient (Wildman–Crippen LogP) is 2.27. The minimum absolute atomic E-state index is 0.468. The molecule has 1 nitrogen and oxygen atoms in total. The van der Waals surface area contributed by atoms with Gasteiger partial charge < -0.3 is 5.73 Å². The number of hydrogen-bond acceptors (Lipinski definition) is 1. The molecule has 0 bridgehead atoms. The van der Waals surface area contributed by atoms with E-state index in [9.17, 15) is 4.39 Å². The van der Waals surface area contributed by atoms with Crippen LogP contribution < -0.4 is 5.73 Å². The van der Waals surface area contributed by atoms with E-state index in [1.165, 1.54) is 5.56 Å². The maximum Gasteiger partial charge on any atom is 0.109 e. The van der Waals surface area contributed by atoms with Gasteiger partial charge in [0.05, 0.1) is 6.04 Å². The summed E-state index contributed by atoms with van der Waals surface area (Å²) < 4.78 is 12.2. The minimum atomic E-state index is -0.498. The molecule has 1 atom stereocenters. The van der Waals surface area contributed by atoms with Crippen LogP contribution in [0.5, 0.6) is 0 Å². The van der Waals surface area contributed by atoms with Crippen LogP contribution in [0.15, 0.2) is 18.2 Å². The Hall–Kier alpha value is -0.890. The van der Waals surface area contributed by atoms with E-state index in [0.717, 1.165) is 11.1 Å². The SMILES string of the molecule is Cc1ccc(C(N)CF)cc1C. The summed E-state index contributed by atoms with van der Waals surface area (Å²) in [6, 6.07) is 5.33. The highest BCUT2D eigenvalue weighted by atomic mass is 19.1. The van der Waals surface area contributed by atoms with Crippen LogP contribution in [-0.4, -0.2) is 6.67 Å². The number of benzene rings is 1. The van der Waals surface area contributed by atoms with Gasteiger partial charge in [0.2, 0.25) is 0 Å². The minimum Gasteiger partial charge on any atom is -0.322 e. The number of hydrogen-bond donors (Lipinski definition) is 1. The molecule has 0 aliphatic carbocycles. The molecule has 2 N–H and O–H groups in total. The summed E-state index contributed by atoms with van der Waals surface area (Å²) in [5.41, 5.74) is 8.79. The van der Waals surface area contributed by atoms with Crippen molar-refractivity contribution in [1.29, 1.82) is 0 Å².